The van der Waals surface area contributed by atoms with Crippen LogP contribution in [-0.2, 0) is 12.6 Å². The first kappa shape index (κ1) is 10.7. The van der Waals surface area contributed by atoms with Crippen molar-refractivity contribution >= 4 is 29.9 Å². The summed E-state index contributed by atoms with van der Waals surface area (Å²) in [6.07, 6.45) is 0.730. The smallest absolute Gasteiger partial charge is 0.741 e. The predicted molar refractivity (Wildman–Crippen MR) is 47.2 cm³/mol. The van der Waals surface area contributed by atoms with Crippen molar-refractivity contribution in [2.75, 3.05) is 0 Å². The largest absolute Gasteiger partial charge is 1.00 e. The van der Waals surface area contributed by atoms with E-state index < -0.39 is 0 Å². The summed E-state index contributed by atoms with van der Waals surface area (Å²) >= 11 is 4.85. The van der Waals surface area contributed by atoms with Crippen LogP contribution in [0, 0.1) is 0 Å². The van der Waals surface area contributed by atoms with Crippen molar-refractivity contribution in [1.82, 2.24) is 0 Å². The van der Waals surface area contributed by atoms with Crippen LogP contribution < -0.4 is 29.6 Å². The van der Waals surface area contributed by atoms with E-state index in [9.17, 15) is 4.79 Å². The van der Waals surface area contributed by atoms with Gasteiger partial charge in [-0.15, -0.1) is 0 Å². The normalized spacial score (nSPS) is 9.54. The zero-order valence-corrected chi connectivity index (χ0v) is 9.93. The van der Waals surface area contributed by atoms with E-state index in [1.807, 2.05) is 18.2 Å². The van der Waals surface area contributed by atoms with E-state index >= 15 is 0 Å². The Kier molecular flexibility index (Phi) is 3.50. The van der Waals surface area contributed by atoms with E-state index in [-0.39, 0.29) is 34.6 Å². The van der Waals surface area contributed by atoms with Crippen molar-refractivity contribution in [3.8, 4) is 0 Å². The van der Waals surface area contributed by atoms with Gasteiger partial charge >= 0.3 is 29.6 Å². The number of carbonyl (C=O) groups excluding carboxylic acids is 1. The SMILES string of the molecule is O=Cc1c([S-])oc2ccccc12.[Na+]. The topological polar surface area (TPSA) is 30.2 Å². The van der Waals surface area contributed by atoms with Crippen molar-refractivity contribution in [3.63, 3.8) is 0 Å². The van der Waals surface area contributed by atoms with Gasteiger partial charge < -0.3 is 17.0 Å². The monoisotopic (exact) mass is 200 g/mol. The van der Waals surface area contributed by atoms with E-state index in [4.69, 9.17) is 17.0 Å². The predicted octanol–water partition coefficient (Wildman–Crippen LogP) is -0.845. The molecule has 0 fully saturated rings. The van der Waals surface area contributed by atoms with E-state index in [1.54, 1.807) is 6.07 Å². The Balaban J connectivity index is 0.000000845. The van der Waals surface area contributed by atoms with Gasteiger partial charge in [0.15, 0.2) is 6.29 Å². The van der Waals surface area contributed by atoms with Gasteiger partial charge in [-0.05, 0) is 11.2 Å². The van der Waals surface area contributed by atoms with Gasteiger partial charge in [0.25, 0.3) is 0 Å². The molecule has 0 unspecified atom stereocenters. The van der Waals surface area contributed by atoms with Gasteiger partial charge in [0.2, 0.25) is 0 Å². The van der Waals surface area contributed by atoms with Crippen LogP contribution in [-0.4, -0.2) is 6.29 Å². The Morgan fingerprint density at radius 2 is 2.00 bits per heavy atom. The number of carbonyl (C=O) groups is 1. The van der Waals surface area contributed by atoms with Crippen molar-refractivity contribution < 1.29 is 38.8 Å². The Morgan fingerprint density at radius 3 is 2.69 bits per heavy atom. The molecule has 0 bridgehead atoms. The maximum atomic E-state index is 10.6. The summed E-state index contributed by atoms with van der Waals surface area (Å²) in [5.74, 6) is 0. The van der Waals surface area contributed by atoms with Crippen LogP contribution in [0.3, 0.4) is 0 Å². The van der Waals surface area contributed by atoms with Gasteiger partial charge in [0, 0.05) is 10.9 Å². The number of hydrogen-bond donors (Lipinski definition) is 0. The molecule has 0 aliphatic carbocycles. The molecule has 0 N–H and O–H groups in total. The molecule has 0 spiro atoms. The van der Waals surface area contributed by atoms with Crippen LogP contribution in [0.25, 0.3) is 11.0 Å². The van der Waals surface area contributed by atoms with E-state index in [0.29, 0.717) is 11.1 Å². The van der Waals surface area contributed by atoms with Crippen LogP contribution in [0.4, 0.5) is 0 Å². The molecule has 1 aromatic heterocycles. The first-order chi connectivity index (χ1) is 5.83. The minimum absolute atomic E-state index is 0. The standard InChI is InChI=1S/C9H6O2S.Na/c10-5-7-6-3-1-2-4-8(6)11-9(7)12;/h1-5,12H;/q;+1/p-1. The number of para-hydroxylation sites is 1. The summed E-state index contributed by atoms with van der Waals surface area (Å²) in [6.45, 7) is 0. The quantitative estimate of drug-likeness (QED) is 0.341. The Labute approximate surface area is 103 Å². The van der Waals surface area contributed by atoms with Crippen LogP contribution in [0.1, 0.15) is 10.4 Å². The van der Waals surface area contributed by atoms with Crippen molar-refractivity contribution in [2.24, 2.45) is 0 Å². The summed E-state index contributed by atoms with van der Waals surface area (Å²) in [7, 11) is 0. The number of aldehydes is 1. The molecule has 0 atom stereocenters. The van der Waals surface area contributed by atoms with Gasteiger partial charge in [0.1, 0.15) is 5.58 Å². The Bertz CT molecular complexity index is 436. The van der Waals surface area contributed by atoms with Crippen molar-refractivity contribution in [3.05, 3.63) is 29.8 Å². The third-order valence-corrected chi connectivity index (χ3v) is 2.02. The molecule has 4 heteroatoms. The average molecular weight is 200 g/mol. The van der Waals surface area contributed by atoms with E-state index in [2.05, 4.69) is 0 Å². The fraction of sp³-hybridized carbons (Fsp3) is 0. The third kappa shape index (κ3) is 1.79. The molecule has 60 valence electrons. The summed E-state index contributed by atoms with van der Waals surface area (Å²) in [5.41, 5.74) is 1.14. The van der Waals surface area contributed by atoms with Gasteiger partial charge in [-0.1, -0.05) is 18.2 Å². The maximum absolute atomic E-state index is 10.6. The zero-order chi connectivity index (χ0) is 8.55. The van der Waals surface area contributed by atoms with E-state index in [0.717, 1.165) is 11.7 Å². The molecule has 1 aromatic carbocycles. The summed E-state index contributed by atoms with van der Waals surface area (Å²) < 4.78 is 5.17. The first-order valence-corrected chi connectivity index (χ1v) is 3.87. The van der Waals surface area contributed by atoms with Crippen LogP contribution >= 0.6 is 0 Å². The number of furan rings is 1. The zero-order valence-electron chi connectivity index (χ0n) is 7.11. The number of rotatable bonds is 1. The minimum atomic E-state index is 0. The van der Waals surface area contributed by atoms with Crippen LogP contribution in [0.15, 0.2) is 33.8 Å². The number of fused-ring (bicyclic) bond motifs is 1. The molecule has 0 aliphatic rings. The molecular weight excluding hydrogens is 195 g/mol. The summed E-state index contributed by atoms with van der Waals surface area (Å²) in [6, 6.07) is 7.30. The first-order valence-electron chi connectivity index (χ1n) is 3.46. The minimum Gasteiger partial charge on any atom is -0.741 e. The second-order valence-corrected chi connectivity index (χ2v) is 2.79. The van der Waals surface area contributed by atoms with Gasteiger partial charge in [-0.25, -0.2) is 0 Å². The Morgan fingerprint density at radius 1 is 1.31 bits per heavy atom. The fourth-order valence-electron chi connectivity index (χ4n) is 1.15. The molecule has 13 heavy (non-hydrogen) atoms. The van der Waals surface area contributed by atoms with Crippen LogP contribution in [0.2, 0.25) is 0 Å². The Hall–Kier alpha value is -0.350. The van der Waals surface area contributed by atoms with Crippen LogP contribution in [0.5, 0.6) is 0 Å². The summed E-state index contributed by atoms with van der Waals surface area (Å²) in [5, 5.41) is 1.06. The second-order valence-electron chi connectivity index (χ2n) is 2.42. The maximum Gasteiger partial charge on any atom is 1.00 e. The summed E-state index contributed by atoms with van der Waals surface area (Å²) in [4.78, 5) is 10.6. The van der Waals surface area contributed by atoms with Gasteiger partial charge in [0.05, 0.1) is 0 Å². The molecule has 2 rings (SSSR count). The molecule has 0 amide bonds. The number of benzene rings is 1. The molecule has 0 aliphatic heterocycles. The molecule has 0 saturated heterocycles. The molecular formula is C9H5NaO2S. The molecule has 0 radical (unpaired) electrons. The van der Waals surface area contributed by atoms with Gasteiger partial charge in [-0.3, -0.25) is 4.79 Å². The number of hydrogen-bond acceptors (Lipinski definition) is 3. The molecule has 2 aromatic rings. The van der Waals surface area contributed by atoms with Crippen molar-refractivity contribution in [2.45, 2.75) is 5.09 Å². The fourth-order valence-corrected chi connectivity index (χ4v) is 1.40. The van der Waals surface area contributed by atoms with Crippen molar-refractivity contribution in [1.29, 1.82) is 0 Å². The average Bonchev–Trinajstić information content (AvgIpc) is 2.40. The molecule has 2 nitrogen and oxygen atoms in total. The van der Waals surface area contributed by atoms with Gasteiger partial charge in [-0.2, -0.15) is 0 Å². The molecule has 0 saturated carbocycles. The third-order valence-electron chi connectivity index (χ3n) is 1.72. The molecule has 1 heterocycles. The second kappa shape index (κ2) is 4.24. The van der Waals surface area contributed by atoms with E-state index in [1.165, 1.54) is 0 Å².